The summed E-state index contributed by atoms with van der Waals surface area (Å²) < 4.78 is 12.5. The van der Waals surface area contributed by atoms with Crippen LogP contribution in [0.3, 0.4) is 0 Å². The molecule has 0 unspecified atom stereocenters. The standard InChI is InChI=1S/C29H32BrN3O4/c1-4-36-26-15-20(17-31-22-9-7-10-23(16-22)32-29(35)19(2)3)14-24(30)28(26)37-18-27(34)33-13-12-21-8-5-6-11-25(21)33/h5-11,14-16,19,31H,4,12-13,17-18H2,1-3H3,(H,32,35). The van der Waals surface area contributed by atoms with Gasteiger partial charge in [0, 0.05) is 36.1 Å². The molecule has 2 N–H and O–H groups in total. The molecule has 1 heterocycles. The van der Waals surface area contributed by atoms with Gasteiger partial charge in [0.2, 0.25) is 5.91 Å². The lowest BCUT2D eigenvalue weighted by Crippen LogP contribution is -2.33. The average Bonchev–Trinajstić information content (AvgIpc) is 3.31. The molecule has 0 fully saturated rings. The number of fused-ring (bicyclic) bond motifs is 1. The number of carbonyl (C=O) groups is 2. The molecule has 0 aliphatic carbocycles. The monoisotopic (exact) mass is 565 g/mol. The van der Waals surface area contributed by atoms with Crippen LogP contribution in [-0.4, -0.2) is 31.6 Å². The second-order valence-corrected chi connectivity index (χ2v) is 9.98. The van der Waals surface area contributed by atoms with E-state index in [1.54, 1.807) is 4.90 Å². The van der Waals surface area contributed by atoms with Crippen LogP contribution in [0.2, 0.25) is 0 Å². The minimum atomic E-state index is -0.0897. The number of hydrogen-bond acceptors (Lipinski definition) is 5. The Kier molecular flexibility index (Phi) is 8.71. The number of amides is 2. The number of carbonyl (C=O) groups excluding carboxylic acids is 2. The summed E-state index contributed by atoms with van der Waals surface area (Å²) in [6.07, 6.45) is 0.852. The van der Waals surface area contributed by atoms with Crippen LogP contribution in [0.1, 0.15) is 31.9 Å². The zero-order valence-electron chi connectivity index (χ0n) is 21.3. The fourth-order valence-corrected chi connectivity index (χ4v) is 4.74. The highest BCUT2D eigenvalue weighted by Crippen LogP contribution is 2.37. The second kappa shape index (κ2) is 12.1. The first-order chi connectivity index (χ1) is 17.9. The molecule has 0 aromatic heterocycles. The smallest absolute Gasteiger partial charge is 0.264 e. The number of benzene rings is 3. The van der Waals surface area contributed by atoms with Crippen molar-refractivity contribution in [2.75, 3.05) is 35.3 Å². The molecule has 4 rings (SSSR count). The highest BCUT2D eigenvalue weighted by atomic mass is 79.9. The summed E-state index contributed by atoms with van der Waals surface area (Å²) in [5.41, 5.74) is 4.73. The molecule has 37 heavy (non-hydrogen) atoms. The maximum Gasteiger partial charge on any atom is 0.264 e. The largest absolute Gasteiger partial charge is 0.490 e. The molecule has 2 amide bonds. The number of rotatable bonds is 10. The van der Waals surface area contributed by atoms with Crippen molar-refractivity contribution in [3.05, 3.63) is 76.3 Å². The zero-order chi connectivity index (χ0) is 26.4. The summed E-state index contributed by atoms with van der Waals surface area (Å²) in [5, 5.41) is 6.30. The molecule has 3 aromatic carbocycles. The zero-order valence-corrected chi connectivity index (χ0v) is 22.9. The van der Waals surface area contributed by atoms with Gasteiger partial charge >= 0.3 is 0 Å². The molecule has 1 aliphatic rings. The third-order valence-corrected chi connectivity index (χ3v) is 6.64. The summed E-state index contributed by atoms with van der Waals surface area (Å²) in [6, 6.07) is 19.4. The Labute approximate surface area is 226 Å². The SMILES string of the molecule is CCOc1cc(CNc2cccc(NC(=O)C(C)C)c2)cc(Br)c1OCC(=O)N1CCc2ccccc21. The van der Waals surface area contributed by atoms with Crippen LogP contribution < -0.4 is 25.0 Å². The Bertz CT molecular complexity index is 1280. The van der Waals surface area contributed by atoms with Crippen LogP contribution in [0.5, 0.6) is 11.5 Å². The third-order valence-electron chi connectivity index (χ3n) is 6.05. The minimum Gasteiger partial charge on any atom is -0.490 e. The Morgan fingerprint density at radius 1 is 1.03 bits per heavy atom. The normalized spacial score (nSPS) is 12.3. The van der Waals surface area contributed by atoms with Gasteiger partial charge < -0.3 is 25.0 Å². The van der Waals surface area contributed by atoms with Gasteiger partial charge in [-0.1, -0.05) is 38.1 Å². The first-order valence-corrected chi connectivity index (χ1v) is 13.3. The topological polar surface area (TPSA) is 79.9 Å². The van der Waals surface area contributed by atoms with Gasteiger partial charge in [0.15, 0.2) is 18.1 Å². The van der Waals surface area contributed by atoms with Gasteiger partial charge in [0.1, 0.15) is 0 Å². The van der Waals surface area contributed by atoms with E-state index in [9.17, 15) is 9.59 Å². The van der Waals surface area contributed by atoms with Crippen LogP contribution in [0.4, 0.5) is 17.1 Å². The van der Waals surface area contributed by atoms with E-state index in [1.165, 1.54) is 5.56 Å². The van der Waals surface area contributed by atoms with Crippen molar-refractivity contribution < 1.29 is 19.1 Å². The summed E-state index contributed by atoms with van der Waals surface area (Å²) in [4.78, 5) is 26.7. The molecular weight excluding hydrogens is 534 g/mol. The molecular formula is C29H32BrN3O4. The van der Waals surface area contributed by atoms with E-state index in [2.05, 4.69) is 32.6 Å². The van der Waals surface area contributed by atoms with Crippen molar-refractivity contribution in [1.29, 1.82) is 0 Å². The van der Waals surface area contributed by atoms with Crippen LogP contribution in [0.25, 0.3) is 0 Å². The van der Waals surface area contributed by atoms with Gasteiger partial charge in [-0.2, -0.15) is 0 Å². The maximum atomic E-state index is 12.9. The predicted octanol–water partition coefficient (Wildman–Crippen LogP) is 6.02. The van der Waals surface area contributed by atoms with Crippen molar-refractivity contribution in [3.8, 4) is 11.5 Å². The highest BCUT2D eigenvalue weighted by Gasteiger charge is 2.25. The van der Waals surface area contributed by atoms with Gasteiger partial charge in [-0.05, 0) is 76.8 Å². The Morgan fingerprint density at radius 2 is 1.81 bits per heavy atom. The van der Waals surface area contributed by atoms with Crippen molar-refractivity contribution in [2.24, 2.45) is 5.92 Å². The number of halogens is 1. The first-order valence-electron chi connectivity index (χ1n) is 12.5. The van der Waals surface area contributed by atoms with Gasteiger partial charge in [-0.25, -0.2) is 0 Å². The van der Waals surface area contributed by atoms with Gasteiger partial charge in [-0.15, -0.1) is 0 Å². The summed E-state index contributed by atoms with van der Waals surface area (Å²) in [5.74, 6) is 0.874. The molecule has 194 valence electrons. The second-order valence-electron chi connectivity index (χ2n) is 9.13. The Balaban J connectivity index is 1.42. The number of hydrogen-bond donors (Lipinski definition) is 2. The summed E-state index contributed by atoms with van der Waals surface area (Å²) in [6.45, 7) is 7.20. The van der Waals surface area contributed by atoms with Crippen LogP contribution in [-0.2, 0) is 22.6 Å². The number of ether oxygens (including phenoxy) is 2. The predicted molar refractivity (Wildman–Crippen MR) is 151 cm³/mol. The van der Waals surface area contributed by atoms with Crippen LogP contribution in [0, 0.1) is 5.92 Å². The van der Waals surface area contributed by atoms with Gasteiger partial charge in [0.25, 0.3) is 5.91 Å². The van der Waals surface area contributed by atoms with E-state index >= 15 is 0 Å². The molecule has 0 atom stereocenters. The van der Waals surface area contributed by atoms with E-state index in [0.717, 1.165) is 29.0 Å². The number of nitrogens with one attached hydrogen (secondary N) is 2. The Morgan fingerprint density at radius 3 is 2.59 bits per heavy atom. The van der Waals surface area contributed by atoms with Crippen molar-refractivity contribution in [3.63, 3.8) is 0 Å². The third kappa shape index (κ3) is 6.63. The van der Waals surface area contributed by atoms with Crippen molar-refractivity contribution >= 4 is 44.8 Å². The van der Waals surface area contributed by atoms with Gasteiger partial charge in [0.05, 0.1) is 11.1 Å². The quantitative estimate of drug-likeness (QED) is 0.314. The number of anilines is 3. The minimum absolute atomic E-state index is 0.0227. The Hall–Kier alpha value is -3.52. The van der Waals surface area contributed by atoms with E-state index in [4.69, 9.17) is 9.47 Å². The fraction of sp³-hybridized carbons (Fsp3) is 0.310. The molecule has 0 saturated heterocycles. The lowest BCUT2D eigenvalue weighted by atomic mass is 10.1. The van der Waals surface area contributed by atoms with Gasteiger partial charge in [-0.3, -0.25) is 9.59 Å². The lowest BCUT2D eigenvalue weighted by Gasteiger charge is -2.19. The van der Waals surface area contributed by atoms with E-state index in [1.807, 2.05) is 75.4 Å². The van der Waals surface area contributed by atoms with E-state index in [-0.39, 0.29) is 24.3 Å². The molecule has 0 spiro atoms. The van der Waals surface area contributed by atoms with Crippen molar-refractivity contribution in [2.45, 2.75) is 33.7 Å². The van der Waals surface area contributed by atoms with E-state index < -0.39 is 0 Å². The average molecular weight is 566 g/mol. The van der Waals surface area contributed by atoms with Crippen molar-refractivity contribution in [1.82, 2.24) is 0 Å². The van der Waals surface area contributed by atoms with E-state index in [0.29, 0.717) is 35.7 Å². The van der Waals surface area contributed by atoms with Crippen LogP contribution >= 0.6 is 15.9 Å². The summed E-state index contributed by atoms with van der Waals surface area (Å²) in [7, 11) is 0. The highest BCUT2D eigenvalue weighted by molar-refractivity contribution is 9.10. The maximum absolute atomic E-state index is 12.9. The summed E-state index contributed by atoms with van der Waals surface area (Å²) >= 11 is 3.60. The molecule has 0 bridgehead atoms. The molecule has 8 heteroatoms. The fourth-order valence-electron chi connectivity index (χ4n) is 4.13. The molecule has 7 nitrogen and oxygen atoms in total. The first kappa shape index (κ1) is 26.5. The van der Waals surface area contributed by atoms with Crippen LogP contribution in [0.15, 0.2) is 65.1 Å². The lowest BCUT2D eigenvalue weighted by molar-refractivity contribution is -0.120. The molecule has 0 radical (unpaired) electrons. The molecule has 1 aliphatic heterocycles. The molecule has 0 saturated carbocycles. The molecule has 3 aromatic rings. The number of nitrogens with zero attached hydrogens (tertiary/aromatic N) is 1. The number of para-hydroxylation sites is 1.